The van der Waals surface area contributed by atoms with Gasteiger partial charge in [-0.05, 0) is 19.0 Å². The molecule has 0 saturated carbocycles. The molecule has 3 nitrogen and oxygen atoms in total. The molecule has 2 aromatic rings. The van der Waals surface area contributed by atoms with Gasteiger partial charge in [0.2, 0.25) is 0 Å². The fourth-order valence-electron chi connectivity index (χ4n) is 2.64. The summed E-state index contributed by atoms with van der Waals surface area (Å²) >= 11 is 6.36. The topological polar surface area (TPSA) is 29.9 Å². The first-order valence-corrected chi connectivity index (χ1v) is 7.50. The fourth-order valence-corrected chi connectivity index (χ4v) is 2.90. The first kappa shape index (κ1) is 15.1. The molecule has 2 atom stereocenters. The molecule has 0 radical (unpaired) electrons. The van der Waals surface area contributed by atoms with Gasteiger partial charge in [0.1, 0.15) is 0 Å². The van der Waals surface area contributed by atoms with Crippen molar-refractivity contribution in [3.8, 4) is 0 Å². The minimum atomic E-state index is 0.152. The van der Waals surface area contributed by atoms with E-state index in [0.29, 0.717) is 5.92 Å². The molecule has 0 spiro atoms. The monoisotopic (exact) mass is 291 g/mol. The number of aryl methyl sites for hydroxylation is 1. The van der Waals surface area contributed by atoms with E-state index in [1.165, 1.54) is 5.56 Å². The number of aromatic nitrogens is 2. The molecule has 1 aromatic carbocycles. The van der Waals surface area contributed by atoms with Crippen LogP contribution in [0.1, 0.15) is 43.5 Å². The van der Waals surface area contributed by atoms with Gasteiger partial charge in [0.15, 0.2) is 0 Å². The Morgan fingerprint density at radius 2 is 2.00 bits per heavy atom. The second-order valence-electron chi connectivity index (χ2n) is 5.07. The summed E-state index contributed by atoms with van der Waals surface area (Å²) in [6.07, 6.45) is 2.79. The van der Waals surface area contributed by atoms with Crippen LogP contribution in [0.3, 0.4) is 0 Å². The normalized spacial score (nSPS) is 14.2. The molecular weight excluding hydrogens is 270 g/mol. The van der Waals surface area contributed by atoms with Crippen LogP contribution in [0.25, 0.3) is 0 Å². The Morgan fingerprint density at radius 3 is 2.60 bits per heavy atom. The summed E-state index contributed by atoms with van der Waals surface area (Å²) in [5.74, 6) is 0.325. The second kappa shape index (κ2) is 6.91. The Morgan fingerprint density at radius 1 is 1.30 bits per heavy atom. The van der Waals surface area contributed by atoms with Crippen molar-refractivity contribution in [3.63, 3.8) is 0 Å². The fraction of sp³-hybridized carbons (Fsp3) is 0.438. The van der Waals surface area contributed by atoms with Gasteiger partial charge in [0.25, 0.3) is 0 Å². The highest BCUT2D eigenvalue weighted by Gasteiger charge is 2.25. The number of nitrogens with zero attached hydrogens (tertiary/aromatic N) is 2. The Labute approximate surface area is 126 Å². The van der Waals surface area contributed by atoms with Crippen LogP contribution in [0.5, 0.6) is 0 Å². The lowest BCUT2D eigenvalue weighted by Gasteiger charge is -2.25. The molecular formula is C16H22ClN3. The summed E-state index contributed by atoms with van der Waals surface area (Å²) in [7, 11) is 1.98. The molecule has 0 saturated heterocycles. The lowest BCUT2D eigenvalue weighted by atomic mass is 9.91. The smallest absolute Gasteiger partial charge is 0.0834 e. The van der Waals surface area contributed by atoms with Crippen LogP contribution >= 0.6 is 11.6 Å². The third kappa shape index (κ3) is 3.05. The van der Waals surface area contributed by atoms with Crippen LogP contribution in [-0.2, 0) is 6.54 Å². The molecule has 4 heteroatoms. The number of hydrogen-bond donors (Lipinski definition) is 1. The van der Waals surface area contributed by atoms with Gasteiger partial charge in [-0.3, -0.25) is 4.68 Å². The first-order chi connectivity index (χ1) is 9.69. The van der Waals surface area contributed by atoms with E-state index in [4.69, 9.17) is 11.6 Å². The highest BCUT2D eigenvalue weighted by molar-refractivity contribution is 6.31. The van der Waals surface area contributed by atoms with Crippen molar-refractivity contribution in [3.05, 3.63) is 52.8 Å². The maximum atomic E-state index is 6.36. The number of halogens is 1. The minimum absolute atomic E-state index is 0.152. The summed E-state index contributed by atoms with van der Waals surface area (Å²) in [5.41, 5.74) is 2.37. The first-order valence-electron chi connectivity index (χ1n) is 7.12. The van der Waals surface area contributed by atoms with Crippen molar-refractivity contribution in [2.24, 2.45) is 0 Å². The van der Waals surface area contributed by atoms with Crippen molar-refractivity contribution in [1.29, 1.82) is 0 Å². The molecule has 0 aliphatic heterocycles. The number of nitrogens with one attached hydrogen (secondary N) is 1. The van der Waals surface area contributed by atoms with Gasteiger partial charge in [-0.1, -0.05) is 55.8 Å². The van der Waals surface area contributed by atoms with Crippen molar-refractivity contribution in [2.75, 3.05) is 7.05 Å². The highest BCUT2D eigenvalue weighted by Crippen LogP contribution is 2.34. The van der Waals surface area contributed by atoms with E-state index < -0.39 is 0 Å². The van der Waals surface area contributed by atoms with Gasteiger partial charge in [-0.25, -0.2) is 0 Å². The van der Waals surface area contributed by atoms with Gasteiger partial charge in [0.05, 0.1) is 23.0 Å². The lowest BCUT2D eigenvalue weighted by molar-refractivity contribution is 0.451. The van der Waals surface area contributed by atoms with Crippen LogP contribution in [0, 0.1) is 0 Å². The van der Waals surface area contributed by atoms with E-state index in [1.54, 1.807) is 6.20 Å². The summed E-state index contributed by atoms with van der Waals surface area (Å²) < 4.78 is 2.02. The van der Waals surface area contributed by atoms with E-state index >= 15 is 0 Å². The summed E-state index contributed by atoms with van der Waals surface area (Å²) in [4.78, 5) is 0. The molecule has 0 fully saturated rings. The average Bonchev–Trinajstić information content (AvgIpc) is 2.83. The van der Waals surface area contributed by atoms with Gasteiger partial charge in [0, 0.05) is 12.5 Å². The third-order valence-corrected chi connectivity index (χ3v) is 3.99. The number of hydrogen-bond acceptors (Lipinski definition) is 2. The van der Waals surface area contributed by atoms with Crippen LogP contribution in [0.4, 0.5) is 0 Å². The largest absolute Gasteiger partial charge is 0.311 e. The zero-order chi connectivity index (χ0) is 14.5. The minimum Gasteiger partial charge on any atom is -0.311 e. The van der Waals surface area contributed by atoms with Gasteiger partial charge in [-0.2, -0.15) is 5.10 Å². The molecule has 20 heavy (non-hydrogen) atoms. The molecule has 0 aliphatic carbocycles. The molecule has 1 heterocycles. The van der Waals surface area contributed by atoms with Crippen LogP contribution in [-0.4, -0.2) is 16.8 Å². The predicted molar refractivity (Wildman–Crippen MR) is 84.2 cm³/mol. The highest BCUT2D eigenvalue weighted by atomic mass is 35.5. The Kier molecular flexibility index (Phi) is 5.21. The Bertz CT molecular complexity index is 536. The van der Waals surface area contributed by atoms with Gasteiger partial charge >= 0.3 is 0 Å². The standard InChI is InChI=1S/C16H22ClN3/c1-4-10-20-16(14(17)11-19-20)15(18-3)12(2)13-8-6-5-7-9-13/h5-9,11-12,15,18H,4,10H2,1-3H3. The number of likely N-dealkylation sites (N-methyl/N-ethyl adjacent to an activating group) is 1. The van der Waals surface area contributed by atoms with E-state index in [1.807, 2.05) is 17.8 Å². The second-order valence-corrected chi connectivity index (χ2v) is 5.47. The maximum absolute atomic E-state index is 6.36. The quantitative estimate of drug-likeness (QED) is 0.871. The zero-order valence-electron chi connectivity index (χ0n) is 12.3. The van der Waals surface area contributed by atoms with Gasteiger partial charge in [-0.15, -0.1) is 0 Å². The molecule has 2 rings (SSSR count). The van der Waals surface area contributed by atoms with E-state index in [-0.39, 0.29) is 6.04 Å². The number of rotatable bonds is 6. The van der Waals surface area contributed by atoms with E-state index in [0.717, 1.165) is 23.7 Å². The zero-order valence-corrected chi connectivity index (χ0v) is 13.1. The molecule has 108 valence electrons. The number of benzene rings is 1. The Hall–Kier alpha value is -1.32. The average molecular weight is 292 g/mol. The molecule has 0 aliphatic rings. The summed E-state index contributed by atoms with van der Waals surface area (Å²) in [6.45, 7) is 5.26. The summed E-state index contributed by atoms with van der Waals surface area (Å²) in [6, 6.07) is 10.7. The van der Waals surface area contributed by atoms with Crippen molar-refractivity contribution < 1.29 is 0 Å². The van der Waals surface area contributed by atoms with Crippen molar-refractivity contribution in [1.82, 2.24) is 15.1 Å². The predicted octanol–water partition coefficient (Wildman–Crippen LogP) is 4.01. The van der Waals surface area contributed by atoms with E-state index in [2.05, 4.69) is 48.5 Å². The SMILES string of the molecule is CCCn1ncc(Cl)c1C(NC)C(C)c1ccccc1. The van der Waals surface area contributed by atoms with Crippen molar-refractivity contribution in [2.45, 2.75) is 38.8 Å². The molecule has 0 amide bonds. The molecule has 1 N–H and O–H groups in total. The lowest BCUT2D eigenvalue weighted by Crippen LogP contribution is -2.25. The molecule has 1 aromatic heterocycles. The third-order valence-electron chi connectivity index (χ3n) is 3.70. The summed E-state index contributed by atoms with van der Waals surface area (Å²) in [5, 5.41) is 8.53. The maximum Gasteiger partial charge on any atom is 0.0834 e. The van der Waals surface area contributed by atoms with Crippen LogP contribution in [0.15, 0.2) is 36.5 Å². The van der Waals surface area contributed by atoms with Crippen LogP contribution < -0.4 is 5.32 Å². The van der Waals surface area contributed by atoms with Crippen LogP contribution in [0.2, 0.25) is 5.02 Å². The van der Waals surface area contributed by atoms with E-state index in [9.17, 15) is 0 Å². The molecule has 2 unspecified atom stereocenters. The molecule has 0 bridgehead atoms. The van der Waals surface area contributed by atoms with Gasteiger partial charge < -0.3 is 5.32 Å². The van der Waals surface area contributed by atoms with Crippen molar-refractivity contribution >= 4 is 11.6 Å². The Balaban J connectivity index is 2.35.